The van der Waals surface area contributed by atoms with E-state index in [1.54, 1.807) is 14.2 Å². The first-order chi connectivity index (χ1) is 19.5. The number of unbranched alkanes of at least 4 members (excludes halogenated alkanes) is 1. The molecule has 2 saturated heterocycles. The van der Waals surface area contributed by atoms with Crippen LogP contribution in [-0.4, -0.2) is 73.0 Å². The number of fused-ring (bicyclic) bond motifs is 2. The van der Waals surface area contributed by atoms with Crippen LogP contribution in [0.4, 0.5) is 0 Å². The summed E-state index contributed by atoms with van der Waals surface area (Å²) >= 11 is 7.16. The zero-order valence-corrected chi connectivity index (χ0v) is 25.1. The molecular weight excluding hydrogens is 542 g/mol. The number of carbonyl (C=O) groups is 1. The molecule has 4 fully saturated rings. The Labute approximate surface area is 246 Å². The van der Waals surface area contributed by atoms with E-state index in [2.05, 4.69) is 16.3 Å². The summed E-state index contributed by atoms with van der Waals surface area (Å²) in [5.74, 6) is 4.28. The summed E-state index contributed by atoms with van der Waals surface area (Å²) in [6, 6.07) is 8.13. The smallest absolute Gasteiger partial charge is 0.266 e. The lowest BCUT2D eigenvalue weighted by Crippen LogP contribution is -2.43. The molecule has 2 bridgehead atoms. The zero-order chi connectivity index (χ0) is 27.6. The third-order valence-electron chi connectivity index (χ3n) is 8.98. The SMILES string of the molecule is COc1cc(OC)cc(-c2cc(CCCCN3CCNCC3)c(/C=C3\SC(=S)N(C4CC5CCC4C5)C3=O)o2)c1. The number of hydrogen-bond acceptors (Lipinski definition) is 8. The minimum Gasteiger partial charge on any atom is -0.497 e. The van der Waals surface area contributed by atoms with Gasteiger partial charge in [-0.15, -0.1) is 0 Å². The Morgan fingerprint density at radius 3 is 2.52 bits per heavy atom. The number of amides is 1. The van der Waals surface area contributed by atoms with Gasteiger partial charge in [0.2, 0.25) is 0 Å². The Morgan fingerprint density at radius 2 is 1.85 bits per heavy atom. The topological polar surface area (TPSA) is 67.2 Å². The fourth-order valence-corrected chi connectivity index (χ4v) is 8.19. The average molecular weight is 582 g/mol. The number of carbonyl (C=O) groups excluding carboxylic acids is 1. The van der Waals surface area contributed by atoms with Crippen LogP contribution in [0.2, 0.25) is 0 Å². The molecule has 2 aromatic rings. The molecule has 0 radical (unpaired) electrons. The molecular formula is C31H39N3O4S2. The molecule has 1 aromatic carbocycles. The number of thiocarbonyl (C=S) groups is 1. The summed E-state index contributed by atoms with van der Waals surface area (Å²) < 4.78 is 18.2. The van der Waals surface area contributed by atoms with E-state index in [-0.39, 0.29) is 11.9 Å². The third-order valence-corrected chi connectivity index (χ3v) is 10.3. The van der Waals surface area contributed by atoms with E-state index in [4.69, 9.17) is 26.1 Å². The fourth-order valence-electron chi connectivity index (χ4n) is 6.85. The molecule has 4 aliphatic rings. The van der Waals surface area contributed by atoms with E-state index < -0.39 is 0 Å². The van der Waals surface area contributed by atoms with Gasteiger partial charge >= 0.3 is 0 Å². The molecule has 2 saturated carbocycles. The highest BCUT2D eigenvalue weighted by molar-refractivity contribution is 8.26. The van der Waals surface area contributed by atoms with Crippen molar-refractivity contribution in [3.8, 4) is 22.8 Å². The number of nitrogens with one attached hydrogen (secondary N) is 1. The number of piperazine rings is 1. The van der Waals surface area contributed by atoms with Crippen LogP contribution in [0.25, 0.3) is 17.4 Å². The average Bonchev–Trinajstić information content (AvgIpc) is 3.76. The van der Waals surface area contributed by atoms with Crippen molar-refractivity contribution in [1.29, 1.82) is 0 Å². The second kappa shape index (κ2) is 12.3. The van der Waals surface area contributed by atoms with Crippen LogP contribution < -0.4 is 14.8 Å². The van der Waals surface area contributed by atoms with E-state index in [0.717, 1.165) is 87.0 Å². The largest absolute Gasteiger partial charge is 0.497 e. The normalized spacial score (nSPS) is 25.9. The number of nitrogens with zero attached hydrogens (tertiary/aromatic N) is 2. The van der Waals surface area contributed by atoms with Crippen molar-refractivity contribution in [1.82, 2.24) is 15.1 Å². The molecule has 1 N–H and O–H groups in total. The van der Waals surface area contributed by atoms with E-state index >= 15 is 0 Å². The highest BCUT2D eigenvalue weighted by Gasteiger charge is 2.48. The molecule has 214 valence electrons. The van der Waals surface area contributed by atoms with E-state index in [9.17, 15) is 4.79 Å². The lowest BCUT2D eigenvalue weighted by Gasteiger charge is -2.30. The minimum absolute atomic E-state index is 0.0400. The molecule has 6 rings (SSSR count). The van der Waals surface area contributed by atoms with E-state index in [0.29, 0.717) is 26.6 Å². The lowest BCUT2D eigenvalue weighted by molar-refractivity contribution is -0.124. The van der Waals surface area contributed by atoms with Gasteiger partial charge in [-0.25, -0.2) is 0 Å². The number of ether oxygens (including phenoxy) is 2. The van der Waals surface area contributed by atoms with Crippen molar-refractivity contribution < 1.29 is 18.7 Å². The summed E-state index contributed by atoms with van der Waals surface area (Å²) in [6.45, 7) is 5.47. The molecule has 2 aliphatic carbocycles. The second-order valence-corrected chi connectivity index (χ2v) is 13.1. The number of aryl methyl sites for hydroxylation is 1. The maximum absolute atomic E-state index is 13.6. The summed E-state index contributed by atoms with van der Waals surface area (Å²) in [5, 5.41) is 3.42. The highest BCUT2D eigenvalue weighted by atomic mass is 32.2. The zero-order valence-electron chi connectivity index (χ0n) is 23.4. The van der Waals surface area contributed by atoms with Gasteiger partial charge < -0.3 is 24.1 Å². The van der Waals surface area contributed by atoms with Gasteiger partial charge in [-0.05, 0) is 80.7 Å². The Balaban J connectivity index is 1.24. The first-order valence-corrected chi connectivity index (χ1v) is 15.8. The molecule has 40 heavy (non-hydrogen) atoms. The molecule has 2 aliphatic heterocycles. The number of thioether (sulfide) groups is 1. The molecule has 3 unspecified atom stereocenters. The van der Waals surface area contributed by atoms with Crippen molar-refractivity contribution >= 4 is 40.3 Å². The summed E-state index contributed by atoms with van der Waals surface area (Å²) in [6.07, 6.45) is 9.84. The predicted octanol–water partition coefficient (Wildman–Crippen LogP) is 5.58. The standard InChI is InChI=1S/C31H39N3O4S2/c1-36-24-15-23(16-25(18-24)37-2)27-17-22(5-3-4-10-33-11-8-32-9-12-33)28(38-27)19-29-30(35)34(31(39)40-29)26-14-20-6-7-21(26)13-20/h15-21,26,32H,3-14H2,1-2H3/b29-19-. The quantitative estimate of drug-likeness (QED) is 0.222. The fraction of sp³-hybridized carbons (Fsp3) is 0.548. The Kier molecular flexibility index (Phi) is 8.53. The first-order valence-electron chi connectivity index (χ1n) is 14.6. The van der Waals surface area contributed by atoms with E-state index in [1.165, 1.54) is 31.0 Å². The van der Waals surface area contributed by atoms with Gasteiger partial charge in [0.25, 0.3) is 5.91 Å². The monoisotopic (exact) mass is 581 g/mol. The predicted molar refractivity (Wildman–Crippen MR) is 164 cm³/mol. The van der Waals surface area contributed by atoms with Crippen molar-refractivity contribution in [2.24, 2.45) is 11.8 Å². The first kappa shape index (κ1) is 27.8. The number of rotatable bonds is 10. The molecule has 3 atom stereocenters. The lowest BCUT2D eigenvalue weighted by atomic mass is 9.94. The molecule has 1 amide bonds. The molecule has 7 nitrogen and oxygen atoms in total. The summed E-state index contributed by atoms with van der Waals surface area (Å²) in [5.41, 5.74) is 2.00. The van der Waals surface area contributed by atoms with Crippen LogP contribution in [0.3, 0.4) is 0 Å². The Bertz CT molecular complexity index is 1260. The van der Waals surface area contributed by atoms with Gasteiger partial charge in [0, 0.05) is 49.9 Å². The minimum atomic E-state index is 0.0400. The number of hydrogen-bond donors (Lipinski definition) is 1. The number of furan rings is 1. The molecule has 3 heterocycles. The number of methoxy groups -OCH3 is 2. The maximum Gasteiger partial charge on any atom is 0.266 e. The Hall–Kier alpha value is -2.33. The van der Waals surface area contributed by atoms with Crippen LogP contribution >= 0.6 is 24.0 Å². The molecule has 1 aromatic heterocycles. The van der Waals surface area contributed by atoms with Gasteiger partial charge in [-0.1, -0.05) is 30.4 Å². The van der Waals surface area contributed by atoms with Crippen molar-refractivity contribution in [3.63, 3.8) is 0 Å². The number of benzene rings is 1. The van der Waals surface area contributed by atoms with Gasteiger partial charge in [0.1, 0.15) is 27.3 Å². The van der Waals surface area contributed by atoms with Crippen molar-refractivity contribution in [2.45, 2.75) is 51.0 Å². The highest BCUT2D eigenvalue weighted by Crippen LogP contribution is 2.49. The van der Waals surface area contributed by atoms with Crippen molar-refractivity contribution in [3.05, 3.63) is 40.5 Å². The van der Waals surface area contributed by atoms with Gasteiger partial charge in [0.15, 0.2) is 0 Å². The molecule has 0 spiro atoms. The molecule has 9 heteroatoms. The van der Waals surface area contributed by atoms with Gasteiger partial charge in [-0.2, -0.15) is 0 Å². The van der Waals surface area contributed by atoms with Crippen LogP contribution in [0.15, 0.2) is 33.6 Å². The van der Waals surface area contributed by atoms with Crippen LogP contribution in [0.1, 0.15) is 49.8 Å². The Morgan fingerprint density at radius 1 is 1.07 bits per heavy atom. The van der Waals surface area contributed by atoms with Gasteiger partial charge in [-0.3, -0.25) is 9.69 Å². The summed E-state index contributed by atoms with van der Waals surface area (Å²) in [4.78, 5) is 18.7. The third kappa shape index (κ3) is 5.84. The van der Waals surface area contributed by atoms with Crippen LogP contribution in [-0.2, 0) is 11.2 Å². The van der Waals surface area contributed by atoms with Crippen molar-refractivity contribution in [2.75, 3.05) is 46.9 Å². The van der Waals surface area contributed by atoms with Crippen LogP contribution in [0, 0.1) is 11.8 Å². The van der Waals surface area contributed by atoms with Gasteiger partial charge in [0.05, 0.1) is 19.1 Å². The maximum atomic E-state index is 13.6. The summed E-state index contributed by atoms with van der Waals surface area (Å²) in [7, 11) is 3.29. The van der Waals surface area contributed by atoms with E-state index in [1.807, 2.05) is 29.2 Å². The van der Waals surface area contributed by atoms with Crippen LogP contribution in [0.5, 0.6) is 11.5 Å². The second-order valence-electron chi connectivity index (χ2n) is 11.4.